The van der Waals surface area contributed by atoms with Gasteiger partial charge in [-0.2, -0.15) is 0 Å². The predicted molar refractivity (Wildman–Crippen MR) is 97.6 cm³/mol. The molecule has 0 aromatic carbocycles. The van der Waals surface area contributed by atoms with Crippen LogP contribution in [0.25, 0.3) is 0 Å². The molecule has 0 spiro atoms. The third-order valence-corrected chi connectivity index (χ3v) is 5.94. The molecule has 3 saturated heterocycles. The first-order valence-corrected chi connectivity index (χ1v) is 10.1. The Labute approximate surface area is 174 Å². The monoisotopic (exact) mass is 439 g/mol. The van der Waals surface area contributed by atoms with Crippen LogP contribution in [0.3, 0.4) is 0 Å². The van der Waals surface area contributed by atoms with E-state index in [1.807, 2.05) is 0 Å². The van der Waals surface area contributed by atoms with Gasteiger partial charge >= 0.3 is 0 Å². The Hall–Kier alpha value is -0.480. The number of rotatable bonds is 4. The summed E-state index contributed by atoms with van der Waals surface area (Å²) in [5.41, 5.74) is 5.92. The lowest BCUT2D eigenvalue weighted by Gasteiger charge is -2.47. The highest BCUT2D eigenvalue weighted by Gasteiger charge is 2.51. The zero-order chi connectivity index (χ0) is 22.3. The van der Waals surface area contributed by atoms with Crippen LogP contribution < -0.4 is 5.73 Å². The quantitative estimate of drug-likeness (QED) is 0.229. The van der Waals surface area contributed by atoms with Crippen LogP contribution in [-0.4, -0.2) is 117 Å². The first-order chi connectivity index (χ1) is 14.0. The molecule has 176 valence electrons. The van der Waals surface area contributed by atoms with E-state index in [0.29, 0.717) is 0 Å². The van der Waals surface area contributed by atoms with Crippen molar-refractivity contribution < 1.29 is 54.3 Å². The molecule has 12 nitrogen and oxygen atoms in total. The van der Waals surface area contributed by atoms with Gasteiger partial charge in [-0.25, -0.2) is 0 Å². The zero-order valence-corrected chi connectivity index (χ0v) is 17.1. The SMILES string of the molecule is C[C@H]1O[C@@H](O[C@H]2C(O)O[C@H](C)[C@@H](O)[C@@H]2O[C@H]2C[C@@H](N)[C@H](O)[C@@H](C)O2)[C@H](O)[C@@H](O)[C@@H]1O. The van der Waals surface area contributed by atoms with E-state index in [1.54, 1.807) is 6.92 Å². The van der Waals surface area contributed by atoms with Crippen LogP contribution in [0, 0.1) is 0 Å². The number of hydrogen-bond acceptors (Lipinski definition) is 12. The average molecular weight is 439 g/mol. The molecule has 3 aliphatic rings. The van der Waals surface area contributed by atoms with Gasteiger partial charge in [-0.05, 0) is 20.8 Å². The summed E-state index contributed by atoms with van der Waals surface area (Å²) in [7, 11) is 0. The fourth-order valence-electron chi connectivity index (χ4n) is 3.93. The van der Waals surface area contributed by atoms with Crippen LogP contribution in [0.1, 0.15) is 27.2 Å². The summed E-state index contributed by atoms with van der Waals surface area (Å²) in [5.74, 6) is 0. The first kappa shape index (κ1) is 24.2. The van der Waals surface area contributed by atoms with Gasteiger partial charge in [0.2, 0.25) is 0 Å². The second kappa shape index (κ2) is 9.57. The smallest absolute Gasteiger partial charge is 0.187 e. The number of aliphatic hydroxyl groups is 6. The van der Waals surface area contributed by atoms with Crippen molar-refractivity contribution in [3.63, 3.8) is 0 Å². The highest BCUT2D eigenvalue weighted by Crippen LogP contribution is 2.32. The van der Waals surface area contributed by atoms with E-state index < -0.39 is 86.0 Å². The van der Waals surface area contributed by atoms with Gasteiger partial charge in [0, 0.05) is 12.5 Å². The van der Waals surface area contributed by atoms with Crippen molar-refractivity contribution >= 4 is 0 Å². The molecule has 0 aromatic heterocycles. The normalized spacial score (nSPS) is 55.4. The third-order valence-electron chi connectivity index (χ3n) is 5.94. The average Bonchev–Trinajstić information content (AvgIpc) is 2.68. The standard InChI is InChI=1S/C18H33NO11/c1-5-10(20)8(19)4-9(26-5)29-15-12(22)7(3)27-17(25)16(15)30-18-14(24)13(23)11(21)6(2)28-18/h5-18,20-25H,4,19H2,1-3H3/t5-,6-,7-,8-,9+,10-,11-,12-,13+,14-,15+,16-,17?,18+/m1/s1. The molecule has 1 unspecified atom stereocenters. The summed E-state index contributed by atoms with van der Waals surface area (Å²) in [6.07, 6.45) is -15.1. The summed E-state index contributed by atoms with van der Waals surface area (Å²) in [5, 5.41) is 61.0. The molecule has 3 rings (SSSR count). The van der Waals surface area contributed by atoms with Gasteiger partial charge in [0.05, 0.1) is 24.4 Å². The van der Waals surface area contributed by atoms with Gasteiger partial charge in [-0.1, -0.05) is 0 Å². The molecule has 0 amide bonds. The number of nitrogens with two attached hydrogens (primary N) is 1. The van der Waals surface area contributed by atoms with E-state index in [2.05, 4.69) is 0 Å². The number of aliphatic hydroxyl groups excluding tert-OH is 6. The van der Waals surface area contributed by atoms with Crippen molar-refractivity contribution in [3.05, 3.63) is 0 Å². The van der Waals surface area contributed by atoms with Crippen LogP contribution in [0.4, 0.5) is 0 Å². The molecule has 0 saturated carbocycles. The molecule has 8 N–H and O–H groups in total. The maximum Gasteiger partial charge on any atom is 0.187 e. The van der Waals surface area contributed by atoms with Crippen molar-refractivity contribution in [1.29, 1.82) is 0 Å². The van der Waals surface area contributed by atoms with Gasteiger partial charge in [-0.3, -0.25) is 0 Å². The van der Waals surface area contributed by atoms with Crippen molar-refractivity contribution in [2.75, 3.05) is 0 Å². The maximum absolute atomic E-state index is 10.6. The lowest BCUT2D eigenvalue weighted by atomic mass is 9.97. The lowest BCUT2D eigenvalue weighted by molar-refractivity contribution is -0.373. The molecular weight excluding hydrogens is 406 g/mol. The zero-order valence-electron chi connectivity index (χ0n) is 17.1. The molecule has 12 heteroatoms. The van der Waals surface area contributed by atoms with Crippen molar-refractivity contribution in [1.82, 2.24) is 0 Å². The molecule has 3 heterocycles. The van der Waals surface area contributed by atoms with Crippen molar-refractivity contribution in [2.45, 2.75) is 113 Å². The van der Waals surface area contributed by atoms with Crippen molar-refractivity contribution in [2.24, 2.45) is 5.73 Å². The van der Waals surface area contributed by atoms with E-state index in [4.69, 9.17) is 29.4 Å². The van der Waals surface area contributed by atoms with Crippen LogP contribution in [0.2, 0.25) is 0 Å². The molecule has 30 heavy (non-hydrogen) atoms. The highest BCUT2D eigenvalue weighted by molar-refractivity contribution is 4.93. The van der Waals surface area contributed by atoms with Gasteiger partial charge in [-0.15, -0.1) is 0 Å². The van der Waals surface area contributed by atoms with Gasteiger partial charge in [0.1, 0.15) is 36.6 Å². The van der Waals surface area contributed by atoms with Gasteiger partial charge in [0.15, 0.2) is 18.9 Å². The minimum atomic E-state index is -1.62. The van der Waals surface area contributed by atoms with Crippen LogP contribution >= 0.6 is 0 Å². The van der Waals surface area contributed by atoms with Crippen LogP contribution in [-0.2, 0) is 23.7 Å². The molecule has 0 radical (unpaired) electrons. The van der Waals surface area contributed by atoms with Crippen molar-refractivity contribution in [3.8, 4) is 0 Å². The van der Waals surface area contributed by atoms with Gasteiger partial charge in [0.25, 0.3) is 0 Å². The van der Waals surface area contributed by atoms with E-state index in [1.165, 1.54) is 13.8 Å². The largest absolute Gasteiger partial charge is 0.389 e. The number of ether oxygens (including phenoxy) is 5. The fraction of sp³-hybridized carbons (Fsp3) is 1.00. The molecule has 3 fully saturated rings. The second-order valence-corrected chi connectivity index (χ2v) is 8.27. The second-order valence-electron chi connectivity index (χ2n) is 8.27. The summed E-state index contributed by atoms with van der Waals surface area (Å²) < 4.78 is 27.8. The van der Waals surface area contributed by atoms with E-state index in [0.717, 1.165) is 0 Å². The first-order valence-electron chi connectivity index (χ1n) is 10.1. The molecule has 0 aliphatic carbocycles. The molecular formula is C18H33NO11. The number of hydrogen-bond donors (Lipinski definition) is 7. The lowest BCUT2D eigenvalue weighted by Crippen LogP contribution is -2.64. The Morgan fingerprint density at radius 2 is 1.27 bits per heavy atom. The minimum Gasteiger partial charge on any atom is -0.389 e. The molecule has 3 aliphatic heterocycles. The summed E-state index contributed by atoms with van der Waals surface area (Å²) >= 11 is 0. The van der Waals surface area contributed by atoms with Crippen LogP contribution in [0.5, 0.6) is 0 Å². The Morgan fingerprint density at radius 3 is 1.90 bits per heavy atom. The predicted octanol–water partition coefficient (Wildman–Crippen LogP) is -3.49. The summed E-state index contributed by atoms with van der Waals surface area (Å²) in [6, 6.07) is -0.613. The highest BCUT2D eigenvalue weighted by atomic mass is 16.8. The summed E-state index contributed by atoms with van der Waals surface area (Å²) in [6.45, 7) is 4.65. The molecule has 0 bridgehead atoms. The van der Waals surface area contributed by atoms with Crippen LogP contribution in [0.15, 0.2) is 0 Å². The third kappa shape index (κ3) is 4.80. The minimum absolute atomic E-state index is 0.136. The Bertz CT molecular complexity index is 558. The summed E-state index contributed by atoms with van der Waals surface area (Å²) in [4.78, 5) is 0. The fourth-order valence-corrected chi connectivity index (χ4v) is 3.93. The van der Waals surface area contributed by atoms with Gasteiger partial charge < -0.3 is 60.1 Å². The van der Waals surface area contributed by atoms with E-state index in [-0.39, 0.29) is 6.42 Å². The van der Waals surface area contributed by atoms with E-state index in [9.17, 15) is 30.6 Å². The van der Waals surface area contributed by atoms with E-state index >= 15 is 0 Å². The Kier molecular flexibility index (Phi) is 7.71. The molecule has 14 atom stereocenters. The maximum atomic E-state index is 10.6. The topological polar surface area (TPSA) is 194 Å². The Morgan fingerprint density at radius 1 is 0.667 bits per heavy atom. The Balaban J connectivity index is 1.75. The molecule has 0 aromatic rings.